The minimum Gasteiger partial charge on any atom is -0.268 e. The summed E-state index contributed by atoms with van der Waals surface area (Å²) in [6.07, 6.45) is 3.74. The van der Waals surface area contributed by atoms with Gasteiger partial charge in [0.1, 0.15) is 5.82 Å². The Labute approximate surface area is 140 Å². The molecule has 21 heavy (non-hydrogen) atoms. The van der Waals surface area contributed by atoms with Crippen LogP contribution in [0.2, 0.25) is 5.02 Å². The van der Waals surface area contributed by atoms with Crippen molar-refractivity contribution < 1.29 is 4.39 Å². The van der Waals surface area contributed by atoms with Gasteiger partial charge < -0.3 is 0 Å². The molecule has 0 aliphatic rings. The maximum absolute atomic E-state index is 13.4. The van der Waals surface area contributed by atoms with Gasteiger partial charge in [0.15, 0.2) is 0 Å². The fraction of sp³-hybridized carbons (Fsp3) is 0.0625. The minimum atomic E-state index is -0.404. The van der Waals surface area contributed by atoms with E-state index in [1.807, 2.05) is 24.4 Å². The van der Waals surface area contributed by atoms with Crippen LogP contribution in [0.1, 0.15) is 5.56 Å². The van der Waals surface area contributed by atoms with Crippen LogP contribution in [0.4, 0.5) is 4.39 Å². The van der Waals surface area contributed by atoms with Crippen molar-refractivity contribution >= 4 is 34.2 Å². The highest BCUT2D eigenvalue weighted by atomic mass is 127. The number of rotatable bonds is 3. The third-order valence-corrected chi connectivity index (χ3v) is 4.25. The zero-order chi connectivity index (χ0) is 14.8. The second-order valence-corrected chi connectivity index (χ2v) is 6.27. The Bertz CT molecular complexity index is 785. The molecular weight excluding hydrogens is 402 g/mol. The summed E-state index contributed by atoms with van der Waals surface area (Å²) >= 11 is 8.25. The largest absolute Gasteiger partial charge is 0.268 e. The zero-order valence-corrected chi connectivity index (χ0v) is 13.8. The van der Waals surface area contributed by atoms with E-state index in [9.17, 15) is 4.39 Å². The van der Waals surface area contributed by atoms with Crippen LogP contribution in [0.5, 0.6) is 0 Å². The van der Waals surface area contributed by atoms with Crippen LogP contribution in [0.15, 0.2) is 54.9 Å². The number of aromatic nitrogens is 2. The minimum absolute atomic E-state index is 0.156. The molecule has 0 aliphatic heterocycles. The van der Waals surface area contributed by atoms with Crippen molar-refractivity contribution in [2.24, 2.45) is 0 Å². The second kappa shape index (κ2) is 6.15. The summed E-state index contributed by atoms with van der Waals surface area (Å²) in [4.78, 5) is 0. The Morgan fingerprint density at radius 3 is 2.76 bits per heavy atom. The van der Waals surface area contributed by atoms with E-state index in [1.165, 1.54) is 9.64 Å². The van der Waals surface area contributed by atoms with Crippen molar-refractivity contribution in [1.82, 2.24) is 9.78 Å². The molecule has 2 nitrogen and oxygen atoms in total. The van der Waals surface area contributed by atoms with Gasteiger partial charge >= 0.3 is 0 Å². The van der Waals surface area contributed by atoms with E-state index in [4.69, 9.17) is 11.6 Å². The number of nitrogens with zero attached hydrogens (tertiary/aromatic N) is 2. The van der Waals surface area contributed by atoms with Gasteiger partial charge in [0.2, 0.25) is 0 Å². The number of hydrogen-bond acceptors (Lipinski definition) is 1. The number of hydrogen-bond donors (Lipinski definition) is 0. The van der Waals surface area contributed by atoms with Crippen LogP contribution in [0.3, 0.4) is 0 Å². The smallest absolute Gasteiger partial charge is 0.142 e. The van der Waals surface area contributed by atoms with Crippen molar-refractivity contribution in [3.63, 3.8) is 0 Å². The quantitative estimate of drug-likeness (QED) is 0.554. The molecule has 3 aromatic rings. The maximum Gasteiger partial charge on any atom is 0.142 e. The van der Waals surface area contributed by atoms with E-state index < -0.39 is 5.82 Å². The Morgan fingerprint density at radius 1 is 1.14 bits per heavy atom. The zero-order valence-electron chi connectivity index (χ0n) is 10.9. The predicted octanol–water partition coefficient (Wildman–Crippen LogP) is 5.00. The lowest BCUT2D eigenvalue weighted by Crippen LogP contribution is -2.01. The van der Waals surface area contributed by atoms with Gasteiger partial charge in [0.25, 0.3) is 0 Å². The molecule has 0 fully saturated rings. The van der Waals surface area contributed by atoms with Crippen molar-refractivity contribution in [2.45, 2.75) is 6.54 Å². The van der Waals surface area contributed by atoms with Crippen LogP contribution in [0.25, 0.3) is 11.1 Å². The third-order valence-electron chi connectivity index (χ3n) is 3.16. The first kappa shape index (κ1) is 14.5. The average molecular weight is 413 g/mol. The average Bonchev–Trinajstić information content (AvgIpc) is 2.93. The van der Waals surface area contributed by atoms with Gasteiger partial charge in [-0.25, -0.2) is 4.39 Å². The van der Waals surface area contributed by atoms with Crippen molar-refractivity contribution in [3.8, 4) is 11.1 Å². The van der Waals surface area contributed by atoms with Crippen LogP contribution in [-0.2, 0) is 6.54 Å². The molecule has 0 N–H and O–H groups in total. The first-order valence-electron chi connectivity index (χ1n) is 6.35. The lowest BCUT2D eigenvalue weighted by Gasteiger charge is -2.05. The molecule has 0 atom stereocenters. The van der Waals surface area contributed by atoms with E-state index in [-0.39, 0.29) is 5.02 Å². The lowest BCUT2D eigenvalue weighted by atomic mass is 10.1. The lowest BCUT2D eigenvalue weighted by molar-refractivity contribution is 0.620. The summed E-state index contributed by atoms with van der Waals surface area (Å²) in [5.41, 5.74) is 2.86. The van der Waals surface area contributed by atoms with Gasteiger partial charge in [-0.1, -0.05) is 35.9 Å². The Morgan fingerprint density at radius 2 is 1.95 bits per heavy atom. The second-order valence-electron chi connectivity index (χ2n) is 4.65. The molecular formula is C16H11ClFIN2. The van der Waals surface area contributed by atoms with Crippen LogP contribution >= 0.6 is 34.2 Å². The molecule has 0 amide bonds. The van der Waals surface area contributed by atoms with E-state index in [0.717, 1.165) is 11.1 Å². The molecule has 1 heterocycles. The van der Waals surface area contributed by atoms with Crippen LogP contribution in [-0.4, -0.2) is 9.78 Å². The molecule has 0 unspecified atom stereocenters. The van der Waals surface area contributed by atoms with Gasteiger partial charge in [-0.2, -0.15) is 5.10 Å². The molecule has 0 saturated heterocycles. The van der Waals surface area contributed by atoms with Gasteiger partial charge in [-0.3, -0.25) is 4.68 Å². The molecule has 0 radical (unpaired) electrons. The predicted molar refractivity (Wildman–Crippen MR) is 90.9 cm³/mol. The maximum atomic E-state index is 13.4. The first-order chi connectivity index (χ1) is 10.1. The Balaban J connectivity index is 1.87. The summed E-state index contributed by atoms with van der Waals surface area (Å²) in [7, 11) is 0. The Kier molecular flexibility index (Phi) is 4.26. The first-order valence-corrected chi connectivity index (χ1v) is 7.80. The summed E-state index contributed by atoms with van der Waals surface area (Å²) in [5, 5.41) is 4.48. The monoisotopic (exact) mass is 412 g/mol. The molecule has 2 aromatic carbocycles. The van der Waals surface area contributed by atoms with E-state index in [1.54, 1.807) is 23.0 Å². The number of benzene rings is 2. The van der Waals surface area contributed by atoms with Gasteiger partial charge in [0, 0.05) is 15.3 Å². The molecule has 0 aliphatic carbocycles. The summed E-state index contributed by atoms with van der Waals surface area (Å²) < 4.78 is 16.4. The normalized spacial score (nSPS) is 10.8. The Hall–Kier alpha value is -1.40. The van der Waals surface area contributed by atoms with Crippen LogP contribution < -0.4 is 0 Å². The molecule has 106 valence electrons. The van der Waals surface area contributed by atoms with Gasteiger partial charge in [-0.15, -0.1) is 0 Å². The highest BCUT2D eigenvalue weighted by molar-refractivity contribution is 14.1. The fourth-order valence-corrected chi connectivity index (χ4v) is 2.84. The highest BCUT2D eigenvalue weighted by Crippen LogP contribution is 2.23. The van der Waals surface area contributed by atoms with Crippen LogP contribution in [0, 0.1) is 9.39 Å². The van der Waals surface area contributed by atoms with Gasteiger partial charge in [0.05, 0.1) is 17.8 Å². The van der Waals surface area contributed by atoms with Crippen molar-refractivity contribution in [3.05, 3.63) is 74.8 Å². The molecule has 0 bridgehead atoms. The third kappa shape index (κ3) is 3.27. The van der Waals surface area contributed by atoms with E-state index >= 15 is 0 Å². The molecule has 0 saturated carbocycles. The summed E-state index contributed by atoms with van der Waals surface area (Å²) in [6.45, 7) is 0.445. The standard InChI is InChI=1S/C16H11ClFIN2/c17-16-12(4-2-6-15(16)18)9-21-10-13(8-20-21)11-3-1-5-14(19)7-11/h1-8,10H,9H2. The molecule has 3 rings (SSSR count). The molecule has 1 aromatic heterocycles. The SMILES string of the molecule is Fc1cccc(Cn2cc(-c3cccc(I)c3)cn2)c1Cl. The number of halogens is 3. The van der Waals surface area contributed by atoms with Crippen molar-refractivity contribution in [2.75, 3.05) is 0 Å². The van der Waals surface area contributed by atoms with E-state index in [2.05, 4.69) is 33.8 Å². The molecule has 5 heteroatoms. The van der Waals surface area contributed by atoms with Gasteiger partial charge in [-0.05, 0) is 51.9 Å². The highest BCUT2D eigenvalue weighted by Gasteiger charge is 2.08. The van der Waals surface area contributed by atoms with Crippen molar-refractivity contribution in [1.29, 1.82) is 0 Å². The topological polar surface area (TPSA) is 17.8 Å². The van der Waals surface area contributed by atoms with E-state index in [0.29, 0.717) is 12.1 Å². The summed E-state index contributed by atoms with van der Waals surface area (Å²) in [6, 6.07) is 13.0. The fourth-order valence-electron chi connectivity index (χ4n) is 2.11. The molecule has 0 spiro atoms. The summed E-state index contributed by atoms with van der Waals surface area (Å²) in [5.74, 6) is -0.404.